The van der Waals surface area contributed by atoms with Crippen LogP contribution < -0.4 is 5.32 Å². The molecule has 0 aromatic carbocycles. The van der Waals surface area contributed by atoms with Gasteiger partial charge in [-0.3, -0.25) is 19.7 Å². The van der Waals surface area contributed by atoms with Crippen molar-refractivity contribution in [2.24, 2.45) is 13.0 Å². The number of carboxylic acids is 1. The van der Waals surface area contributed by atoms with Crippen LogP contribution in [0.3, 0.4) is 0 Å². The van der Waals surface area contributed by atoms with E-state index in [0.717, 1.165) is 6.07 Å². The molecule has 1 aromatic rings. The van der Waals surface area contributed by atoms with Crippen LogP contribution in [0, 0.1) is 16.0 Å². The molecule has 1 unspecified atom stereocenters. The Balaban J connectivity index is 2.89. The highest BCUT2D eigenvalue weighted by atomic mass is 16.6. The molecule has 0 aliphatic rings. The Hall–Kier alpha value is -2.38. The smallest absolute Gasteiger partial charge is 0.305 e. The van der Waals surface area contributed by atoms with Gasteiger partial charge in [0.15, 0.2) is 0 Å². The number of amides is 1. The van der Waals surface area contributed by atoms with E-state index in [1.54, 1.807) is 13.8 Å². The summed E-state index contributed by atoms with van der Waals surface area (Å²) in [6.45, 7) is 3.59. The average Bonchev–Trinajstić information content (AvgIpc) is 2.69. The number of carbonyl (C=O) groups excluding carboxylic acids is 1. The molecule has 0 saturated carbocycles. The predicted octanol–water partition coefficient (Wildman–Crippen LogP) is 1.16. The van der Waals surface area contributed by atoms with Gasteiger partial charge in [-0.1, -0.05) is 13.8 Å². The lowest BCUT2D eigenvalue weighted by Gasteiger charge is -2.20. The van der Waals surface area contributed by atoms with Crippen LogP contribution in [0.15, 0.2) is 12.3 Å². The highest BCUT2D eigenvalue weighted by Gasteiger charge is 2.23. The van der Waals surface area contributed by atoms with Crippen molar-refractivity contribution in [1.82, 2.24) is 9.88 Å². The molecule has 1 amide bonds. The molecule has 2 N–H and O–H groups in total. The molecule has 8 heteroatoms. The molecule has 1 aromatic heterocycles. The van der Waals surface area contributed by atoms with Gasteiger partial charge in [0, 0.05) is 19.2 Å². The van der Waals surface area contributed by atoms with Crippen molar-refractivity contribution in [3.05, 3.63) is 28.1 Å². The van der Waals surface area contributed by atoms with Gasteiger partial charge in [-0.25, -0.2) is 0 Å². The lowest BCUT2D eigenvalue weighted by atomic mass is 10.0. The van der Waals surface area contributed by atoms with Gasteiger partial charge < -0.3 is 15.0 Å². The molecule has 20 heavy (non-hydrogen) atoms. The first-order chi connectivity index (χ1) is 9.22. The van der Waals surface area contributed by atoms with Crippen molar-refractivity contribution < 1.29 is 19.6 Å². The summed E-state index contributed by atoms with van der Waals surface area (Å²) in [4.78, 5) is 32.9. The van der Waals surface area contributed by atoms with Crippen LogP contribution in [0.4, 0.5) is 5.69 Å². The molecule has 0 spiro atoms. The Kier molecular flexibility index (Phi) is 4.84. The molecule has 0 aliphatic carbocycles. The minimum Gasteiger partial charge on any atom is -0.481 e. The van der Waals surface area contributed by atoms with Crippen LogP contribution in [-0.2, 0) is 11.8 Å². The third-order valence-electron chi connectivity index (χ3n) is 2.95. The van der Waals surface area contributed by atoms with Crippen molar-refractivity contribution in [3.63, 3.8) is 0 Å². The molecular formula is C12H17N3O5. The van der Waals surface area contributed by atoms with Gasteiger partial charge in [-0.05, 0) is 5.92 Å². The van der Waals surface area contributed by atoms with E-state index < -0.39 is 22.8 Å². The second-order valence-electron chi connectivity index (χ2n) is 4.87. The molecule has 1 heterocycles. The fourth-order valence-corrected chi connectivity index (χ4v) is 1.76. The topological polar surface area (TPSA) is 114 Å². The summed E-state index contributed by atoms with van der Waals surface area (Å²) in [6.07, 6.45) is 1.03. The van der Waals surface area contributed by atoms with Crippen molar-refractivity contribution in [2.45, 2.75) is 26.3 Å². The molecule has 0 radical (unpaired) electrons. The fourth-order valence-electron chi connectivity index (χ4n) is 1.76. The number of aliphatic carboxylic acids is 1. The highest BCUT2D eigenvalue weighted by Crippen LogP contribution is 2.16. The molecule has 110 valence electrons. The molecule has 0 aliphatic heterocycles. The Morgan fingerprint density at radius 1 is 1.50 bits per heavy atom. The maximum Gasteiger partial charge on any atom is 0.305 e. The van der Waals surface area contributed by atoms with Crippen LogP contribution in [0.2, 0.25) is 0 Å². The van der Waals surface area contributed by atoms with Crippen molar-refractivity contribution in [1.29, 1.82) is 0 Å². The number of nitro groups is 1. The van der Waals surface area contributed by atoms with E-state index in [4.69, 9.17) is 5.11 Å². The van der Waals surface area contributed by atoms with Gasteiger partial charge in [0.05, 0.1) is 17.5 Å². The zero-order chi connectivity index (χ0) is 15.4. The van der Waals surface area contributed by atoms with Gasteiger partial charge in [0.2, 0.25) is 0 Å². The maximum absolute atomic E-state index is 12.1. The number of hydrogen-bond acceptors (Lipinski definition) is 4. The van der Waals surface area contributed by atoms with E-state index >= 15 is 0 Å². The molecule has 0 saturated heterocycles. The van der Waals surface area contributed by atoms with Crippen molar-refractivity contribution in [3.8, 4) is 0 Å². The summed E-state index contributed by atoms with van der Waals surface area (Å²) in [6, 6.07) is 0.627. The summed E-state index contributed by atoms with van der Waals surface area (Å²) in [5, 5.41) is 22.0. The van der Waals surface area contributed by atoms with Crippen molar-refractivity contribution >= 4 is 17.6 Å². The van der Waals surface area contributed by atoms with E-state index in [9.17, 15) is 19.7 Å². The Bertz CT molecular complexity index is 535. The van der Waals surface area contributed by atoms with E-state index in [1.165, 1.54) is 17.8 Å². The second kappa shape index (κ2) is 6.18. The third kappa shape index (κ3) is 3.81. The minimum atomic E-state index is -1.01. The third-order valence-corrected chi connectivity index (χ3v) is 2.95. The van der Waals surface area contributed by atoms with Crippen LogP contribution in [0.5, 0.6) is 0 Å². The van der Waals surface area contributed by atoms with Gasteiger partial charge in [-0.2, -0.15) is 0 Å². The first-order valence-electron chi connectivity index (χ1n) is 6.05. The first kappa shape index (κ1) is 15.7. The highest BCUT2D eigenvalue weighted by molar-refractivity contribution is 5.94. The minimum absolute atomic E-state index is 0.0645. The number of aromatic nitrogens is 1. The monoisotopic (exact) mass is 283 g/mol. The van der Waals surface area contributed by atoms with Gasteiger partial charge in [0.1, 0.15) is 5.69 Å². The summed E-state index contributed by atoms with van der Waals surface area (Å²) in [5.41, 5.74) is -0.0651. The molecule has 1 atom stereocenters. The number of carboxylic acid groups (broad SMARTS) is 1. The molecule has 0 bridgehead atoms. The number of rotatable bonds is 6. The lowest BCUT2D eigenvalue weighted by molar-refractivity contribution is -0.384. The zero-order valence-corrected chi connectivity index (χ0v) is 11.5. The average molecular weight is 283 g/mol. The molecule has 1 rings (SSSR count). The summed E-state index contributed by atoms with van der Waals surface area (Å²) >= 11 is 0. The van der Waals surface area contributed by atoms with E-state index in [0.29, 0.717) is 0 Å². The summed E-state index contributed by atoms with van der Waals surface area (Å²) in [7, 11) is 1.52. The number of nitrogens with zero attached hydrogens (tertiary/aromatic N) is 2. The number of nitrogens with one attached hydrogen (secondary N) is 1. The van der Waals surface area contributed by atoms with Crippen LogP contribution >= 0.6 is 0 Å². The Labute approximate surface area is 115 Å². The number of carbonyl (C=O) groups is 2. The molecular weight excluding hydrogens is 266 g/mol. The number of aryl methyl sites for hydroxylation is 1. The van der Waals surface area contributed by atoms with Gasteiger partial charge in [-0.15, -0.1) is 0 Å². The van der Waals surface area contributed by atoms with Gasteiger partial charge >= 0.3 is 5.97 Å². The quantitative estimate of drug-likeness (QED) is 0.600. The normalized spacial score (nSPS) is 12.2. The SMILES string of the molecule is CC(C)C(CC(=O)O)NC(=O)c1cc([N+](=O)[O-])cn1C. The first-order valence-corrected chi connectivity index (χ1v) is 6.05. The standard InChI is InChI=1S/C12H17N3O5/c1-7(2)9(5-11(16)17)13-12(18)10-4-8(15(19)20)6-14(10)3/h4,6-7,9H,5H2,1-3H3,(H,13,18)(H,16,17). The zero-order valence-electron chi connectivity index (χ0n) is 11.5. The second-order valence-corrected chi connectivity index (χ2v) is 4.87. The van der Waals surface area contributed by atoms with Crippen LogP contribution in [0.1, 0.15) is 30.8 Å². The predicted molar refractivity (Wildman–Crippen MR) is 70.4 cm³/mol. The Morgan fingerprint density at radius 3 is 2.50 bits per heavy atom. The van der Waals surface area contributed by atoms with E-state index in [-0.39, 0.29) is 23.7 Å². The van der Waals surface area contributed by atoms with E-state index in [2.05, 4.69) is 5.32 Å². The largest absolute Gasteiger partial charge is 0.481 e. The summed E-state index contributed by atoms with van der Waals surface area (Å²) < 4.78 is 1.34. The number of hydrogen-bond donors (Lipinski definition) is 2. The summed E-state index contributed by atoms with van der Waals surface area (Å²) in [5.74, 6) is -1.60. The molecule has 0 fully saturated rings. The lowest BCUT2D eigenvalue weighted by Crippen LogP contribution is -2.40. The van der Waals surface area contributed by atoms with Crippen LogP contribution in [0.25, 0.3) is 0 Å². The van der Waals surface area contributed by atoms with Crippen LogP contribution in [-0.4, -0.2) is 32.5 Å². The fraction of sp³-hybridized carbons (Fsp3) is 0.500. The van der Waals surface area contributed by atoms with Crippen molar-refractivity contribution in [2.75, 3.05) is 0 Å². The Morgan fingerprint density at radius 2 is 2.10 bits per heavy atom. The maximum atomic E-state index is 12.1. The van der Waals surface area contributed by atoms with E-state index in [1.807, 2.05) is 0 Å². The molecule has 8 nitrogen and oxygen atoms in total. The van der Waals surface area contributed by atoms with Gasteiger partial charge in [0.25, 0.3) is 11.6 Å².